The number of nitrogens with one attached hydrogen (secondary N) is 1. The van der Waals surface area contributed by atoms with E-state index in [1.807, 2.05) is 11.4 Å². The number of hydrogen-bond donors (Lipinski definition) is 1. The van der Waals surface area contributed by atoms with E-state index in [-0.39, 0.29) is 11.9 Å². The molecule has 0 radical (unpaired) electrons. The average molecular weight is 264 g/mol. The summed E-state index contributed by atoms with van der Waals surface area (Å²) in [4.78, 5) is 5.40. The molecule has 0 aliphatic rings. The van der Waals surface area contributed by atoms with Gasteiger partial charge in [0.25, 0.3) is 0 Å². The summed E-state index contributed by atoms with van der Waals surface area (Å²) in [6.07, 6.45) is 2.65. The van der Waals surface area contributed by atoms with Gasteiger partial charge in [-0.2, -0.15) is 0 Å². The summed E-state index contributed by atoms with van der Waals surface area (Å²) in [7, 11) is 0. The summed E-state index contributed by atoms with van der Waals surface area (Å²) >= 11 is 1.68. The minimum absolute atomic E-state index is 0.155. The molecule has 1 N–H and O–H groups in total. The van der Waals surface area contributed by atoms with Crippen molar-refractivity contribution in [3.8, 4) is 0 Å². The zero-order chi connectivity index (χ0) is 13.0. The molecule has 0 saturated heterocycles. The van der Waals surface area contributed by atoms with Gasteiger partial charge in [-0.15, -0.1) is 11.3 Å². The number of hydrogen-bond acceptors (Lipinski definition) is 3. The number of halogens is 1. The lowest BCUT2D eigenvalue weighted by atomic mass is 10.0. The lowest BCUT2D eigenvalue weighted by molar-refractivity contribution is 0.531. The summed E-state index contributed by atoms with van der Waals surface area (Å²) in [5, 5.41) is 5.41. The quantitative estimate of drug-likeness (QED) is 0.891. The molecule has 1 unspecified atom stereocenters. The second kappa shape index (κ2) is 6.07. The molecule has 2 aromatic rings. The van der Waals surface area contributed by atoms with Crippen molar-refractivity contribution in [1.29, 1.82) is 0 Å². The smallest absolute Gasteiger partial charge is 0.146 e. The SMILES string of the molecule is CCCNC(c1ccsc1C)c1ncccc1F. The minimum atomic E-state index is -0.253. The molecule has 0 saturated carbocycles. The Morgan fingerprint density at radius 1 is 1.44 bits per heavy atom. The van der Waals surface area contributed by atoms with Gasteiger partial charge < -0.3 is 5.32 Å². The van der Waals surface area contributed by atoms with Crippen LogP contribution in [0.2, 0.25) is 0 Å². The van der Waals surface area contributed by atoms with Crippen molar-refractivity contribution < 1.29 is 4.39 Å². The second-order valence-electron chi connectivity index (χ2n) is 4.19. The van der Waals surface area contributed by atoms with Crippen molar-refractivity contribution in [2.75, 3.05) is 6.54 Å². The van der Waals surface area contributed by atoms with E-state index < -0.39 is 0 Å². The van der Waals surface area contributed by atoms with Gasteiger partial charge >= 0.3 is 0 Å². The Bertz CT molecular complexity index is 510. The van der Waals surface area contributed by atoms with E-state index in [9.17, 15) is 4.39 Å². The zero-order valence-corrected chi connectivity index (χ0v) is 11.4. The fraction of sp³-hybridized carbons (Fsp3) is 0.357. The zero-order valence-electron chi connectivity index (χ0n) is 10.6. The van der Waals surface area contributed by atoms with E-state index in [4.69, 9.17) is 0 Å². The molecule has 0 bridgehead atoms. The largest absolute Gasteiger partial charge is 0.305 e. The van der Waals surface area contributed by atoms with Crippen molar-refractivity contribution in [3.63, 3.8) is 0 Å². The predicted octanol–water partition coefficient (Wildman–Crippen LogP) is 3.68. The van der Waals surface area contributed by atoms with Crippen molar-refractivity contribution in [1.82, 2.24) is 10.3 Å². The summed E-state index contributed by atoms with van der Waals surface area (Å²) in [6.45, 7) is 5.00. The van der Waals surface area contributed by atoms with E-state index >= 15 is 0 Å². The van der Waals surface area contributed by atoms with Gasteiger partial charge in [0.15, 0.2) is 0 Å². The Labute approximate surface area is 111 Å². The summed E-state index contributed by atoms with van der Waals surface area (Å²) in [5.41, 5.74) is 1.60. The Morgan fingerprint density at radius 2 is 2.28 bits per heavy atom. The molecule has 0 amide bonds. The van der Waals surface area contributed by atoms with Gasteiger partial charge in [0, 0.05) is 11.1 Å². The molecule has 0 aliphatic heterocycles. The van der Waals surface area contributed by atoms with Crippen LogP contribution in [0, 0.1) is 12.7 Å². The molecule has 96 valence electrons. The summed E-state index contributed by atoms with van der Waals surface area (Å²) < 4.78 is 13.9. The minimum Gasteiger partial charge on any atom is -0.305 e. The standard InChI is InChI=1S/C14H17FN2S/c1-3-7-16-13(11-6-9-18-10(11)2)14-12(15)5-4-8-17-14/h4-6,8-9,13,16H,3,7H2,1-2H3. The maximum absolute atomic E-state index is 13.9. The Balaban J connectivity index is 2.37. The molecule has 0 fully saturated rings. The van der Waals surface area contributed by atoms with Crippen LogP contribution < -0.4 is 5.32 Å². The van der Waals surface area contributed by atoms with Crippen LogP contribution in [0.4, 0.5) is 4.39 Å². The third-order valence-corrected chi connectivity index (χ3v) is 3.73. The molecule has 2 heterocycles. The molecule has 2 aromatic heterocycles. The van der Waals surface area contributed by atoms with Crippen LogP contribution >= 0.6 is 11.3 Å². The fourth-order valence-corrected chi connectivity index (χ4v) is 2.69. The molecule has 0 spiro atoms. The molecule has 2 nitrogen and oxygen atoms in total. The first kappa shape index (κ1) is 13.2. The number of aryl methyl sites for hydroxylation is 1. The van der Waals surface area contributed by atoms with Gasteiger partial charge in [0.2, 0.25) is 0 Å². The second-order valence-corrected chi connectivity index (χ2v) is 5.31. The van der Waals surface area contributed by atoms with Gasteiger partial charge in [-0.25, -0.2) is 4.39 Å². The van der Waals surface area contributed by atoms with E-state index in [0.717, 1.165) is 18.5 Å². The van der Waals surface area contributed by atoms with Crippen molar-refractivity contribution in [3.05, 3.63) is 51.7 Å². The van der Waals surface area contributed by atoms with Crippen LogP contribution in [-0.4, -0.2) is 11.5 Å². The molecule has 1 atom stereocenters. The normalized spacial score (nSPS) is 12.6. The fourth-order valence-electron chi connectivity index (χ4n) is 1.95. The van der Waals surface area contributed by atoms with E-state index in [2.05, 4.69) is 24.1 Å². The van der Waals surface area contributed by atoms with Crippen molar-refractivity contribution in [2.24, 2.45) is 0 Å². The molecule has 18 heavy (non-hydrogen) atoms. The third-order valence-electron chi connectivity index (χ3n) is 2.87. The number of rotatable bonds is 5. The molecule has 0 aromatic carbocycles. The number of nitrogens with zero attached hydrogens (tertiary/aromatic N) is 1. The predicted molar refractivity (Wildman–Crippen MR) is 73.4 cm³/mol. The van der Waals surface area contributed by atoms with Gasteiger partial charge in [-0.3, -0.25) is 4.98 Å². The maximum atomic E-state index is 13.9. The lowest BCUT2D eigenvalue weighted by Crippen LogP contribution is -2.25. The summed E-state index contributed by atoms with van der Waals surface area (Å²) in [5.74, 6) is -0.253. The Hall–Kier alpha value is -1.26. The molecule has 2 rings (SSSR count). The van der Waals surface area contributed by atoms with Crippen LogP contribution in [-0.2, 0) is 0 Å². The summed E-state index contributed by atoms with van der Waals surface area (Å²) in [6, 6.07) is 4.97. The third kappa shape index (κ3) is 2.76. The van der Waals surface area contributed by atoms with Gasteiger partial charge in [0.05, 0.1) is 11.7 Å². The van der Waals surface area contributed by atoms with Gasteiger partial charge in [-0.1, -0.05) is 6.92 Å². The van der Waals surface area contributed by atoms with Crippen LogP contribution in [0.5, 0.6) is 0 Å². The number of pyridine rings is 1. The van der Waals surface area contributed by atoms with E-state index in [1.54, 1.807) is 23.6 Å². The van der Waals surface area contributed by atoms with E-state index in [1.165, 1.54) is 10.9 Å². The number of aromatic nitrogens is 1. The average Bonchev–Trinajstić information content (AvgIpc) is 2.78. The Morgan fingerprint density at radius 3 is 2.89 bits per heavy atom. The lowest BCUT2D eigenvalue weighted by Gasteiger charge is -2.18. The van der Waals surface area contributed by atoms with Crippen LogP contribution in [0.3, 0.4) is 0 Å². The molecular weight excluding hydrogens is 247 g/mol. The molecular formula is C14H17FN2S. The first-order valence-electron chi connectivity index (χ1n) is 6.11. The van der Waals surface area contributed by atoms with Crippen LogP contribution in [0.25, 0.3) is 0 Å². The highest BCUT2D eigenvalue weighted by Crippen LogP contribution is 2.28. The maximum Gasteiger partial charge on any atom is 0.146 e. The van der Waals surface area contributed by atoms with Crippen LogP contribution in [0.15, 0.2) is 29.8 Å². The van der Waals surface area contributed by atoms with Crippen LogP contribution in [0.1, 0.15) is 35.5 Å². The monoisotopic (exact) mass is 264 g/mol. The molecule has 4 heteroatoms. The highest BCUT2D eigenvalue weighted by atomic mass is 32.1. The highest BCUT2D eigenvalue weighted by molar-refractivity contribution is 7.10. The number of thiophene rings is 1. The molecule has 0 aliphatic carbocycles. The topological polar surface area (TPSA) is 24.9 Å². The van der Waals surface area contributed by atoms with Crippen molar-refractivity contribution >= 4 is 11.3 Å². The van der Waals surface area contributed by atoms with Gasteiger partial charge in [-0.05, 0) is 49.0 Å². The first-order chi connectivity index (χ1) is 8.74. The first-order valence-corrected chi connectivity index (χ1v) is 6.99. The van der Waals surface area contributed by atoms with Gasteiger partial charge in [0.1, 0.15) is 5.82 Å². The van der Waals surface area contributed by atoms with Crippen molar-refractivity contribution in [2.45, 2.75) is 26.3 Å². The Kier molecular flexibility index (Phi) is 4.44. The highest BCUT2D eigenvalue weighted by Gasteiger charge is 2.20. The van der Waals surface area contributed by atoms with E-state index in [0.29, 0.717) is 5.69 Å².